The van der Waals surface area contributed by atoms with Gasteiger partial charge in [0.25, 0.3) is 0 Å². The molecule has 1 atom stereocenters. The molecule has 1 unspecified atom stereocenters. The predicted octanol–water partition coefficient (Wildman–Crippen LogP) is 2.57. The highest BCUT2D eigenvalue weighted by molar-refractivity contribution is 5.28. The molecule has 2 heteroatoms. The molecule has 15 heavy (non-hydrogen) atoms. The van der Waals surface area contributed by atoms with E-state index in [1.807, 2.05) is 0 Å². The van der Waals surface area contributed by atoms with E-state index in [4.69, 9.17) is 5.26 Å². The predicted molar refractivity (Wildman–Crippen MR) is 60.3 cm³/mol. The molecule has 0 heterocycles. The molecule has 1 N–H and O–H groups in total. The van der Waals surface area contributed by atoms with E-state index in [9.17, 15) is 0 Å². The van der Waals surface area contributed by atoms with E-state index in [2.05, 4.69) is 42.6 Å². The maximum Gasteiger partial charge on any atom is 0.121 e. The lowest BCUT2D eigenvalue weighted by molar-refractivity contribution is 0.626. The van der Waals surface area contributed by atoms with E-state index >= 15 is 0 Å². The number of hydrogen-bond donors (Lipinski definition) is 1. The molecule has 2 nitrogen and oxygen atoms in total. The second kappa shape index (κ2) is 4.46. The van der Waals surface area contributed by atoms with Crippen LogP contribution in [-0.4, -0.2) is 6.04 Å². The highest BCUT2D eigenvalue weighted by Gasteiger charge is 2.24. The first-order valence-corrected chi connectivity index (χ1v) is 5.58. The second-order valence-electron chi connectivity index (χ2n) is 4.10. The van der Waals surface area contributed by atoms with Crippen molar-refractivity contribution in [1.82, 2.24) is 5.32 Å². The van der Waals surface area contributed by atoms with Crippen molar-refractivity contribution in [2.75, 3.05) is 0 Å². The third-order valence-corrected chi connectivity index (χ3v) is 2.83. The zero-order chi connectivity index (χ0) is 10.7. The molecule has 0 aromatic heterocycles. The fraction of sp³-hybridized carbons (Fsp3) is 0.462. The highest BCUT2D eigenvalue weighted by atomic mass is 15.0. The van der Waals surface area contributed by atoms with Crippen LogP contribution in [-0.2, 0) is 6.42 Å². The molecule has 0 radical (unpaired) electrons. The Labute approximate surface area is 90.9 Å². The summed E-state index contributed by atoms with van der Waals surface area (Å²) in [5.41, 5.74) is 2.41. The Bertz CT molecular complexity index is 357. The van der Waals surface area contributed by atoms with Crippen molar-refractivity contribution < 1.29 is 0 Å². The Kier molecular flexibility index (Phi) is 3.03. The van der Waals surface area contributed by atoms with Crippen molar-refractivity contribution in [3.63, 3.8) is 0 Å². The van der Waals surface area contributed by atoms with Crippen molar-refractivity contribution in [2.24, 2.45) is 0 Å². The van der Waals surface area contributed by atoms with Crippen LogP contribution in [0, 0.1) is 11.3 Å². The van der Waals surface area contributed by atoms with E-state index in [1.54, 1.807) is 0 Å². The molecule has 78 valence electrons. The molecule has 0 bridgehead atoms. The van der Waals surface area contributed by atoms with E-state index < -0.39 is 0 Å². The zero-order valence-corrected chi connectivity index (χ0v) is 9.03. The molecule has 1 aromatic carbocycles. The first-order valence-electron chi connectivity index (χ1n) is 5.58. The first kappa shape index (κ1) is 10.2. The minimum atomic E-state index is -0.136. The van der Waals surface area contributed by atoms with Crippen LogP contribution < -0.4 is 5.32 Å². The summed E-state index contributed by atoms with van der Waals surface area (Å²) in [6, 6.07) is 11.1. The normalized spacial score (nSPS) is 17.1. The number of hydrogen-bond acceptors (Lipinski definition) is 2. The van der Waals surface area contributed by atoms with Gasteiger partial charge in [-0.1, -0.05) is 31.2 Å². The fourth-order valence-electron chi connectivity index (χ4n) is 1.64. The Morgan fingerprint density at radius 3 is 2.53 bits per heavy atom. The molecule has 1 aromatic rings. The second-order valence-corrected chi connectivity index (χ2v) is 4.10. The van der Waals surface area contributed by atoms with Crippen molar-refractivity contribution >= 4 is 0 Å². The molecule has 0 spiro atoms. The fourth-order valence-corrected chi connectivity index (χ4v) is 1.64. The van der Waals surface area contributed by atoms with Crippen molar-refractivity contribution in [3.8, 4) is 6.07 Å². The Balaban J connectivity index is 2.08. The molecule has 0 aliphatic heterocycles. The van der Waals surface area contributed by atoms with E-state index in [0.717, 1.165) is 12.0 Å². The average Bonchev–Trinajstić information content (AvgIpc) is 3.10. The summed E-state index contributed by atoms with van der Waals surface area (Å²) in [6.45, 7) is 2.14. The average molecular weight is 200 g/mol. The van der Waals surface area contributed by atoms with Gasteiger partial charge in [0.05, 0.1) is 6.07 Å². The highest BCUT2D eigenvalue weighted by Crippen LogP contribution is 2.24. The van der Waals surface area contributed by atoms with Gasteiger partial charge < -0.3 is 0 Å². The quantitative estimate of drug-likeness (QED) is 0.810. The third kappa shape index (κ3) is 2.57. The smallest absolute Gasteiger partial charge is 0.121 e. The molecule has 1 aliphatic carbocycles. The number of aryl methyl sites for hydroxylation is 1. The Hall–Kier alpha value is -1.33. The minimum absolute atomic E-state index is 0.136. The lowest BCUT2D eigenvalue weighted by atomic mass is 10.0. The number of nitrogens with one attached hydrogen (secondary N) is 1. The molecule has 1 aliphatic rings. The van der Waals surface area contributed by atoms with Crippen LogP contribution in [0.3, 0.4) is 0 Å². The standard InChI is InChI=1S/C13H16N2/c1-2-10-3-5-11(6-4-10)13(9-14)15-12-7-8-12/h3-6,12-13,15H,2,7-8H2,1H3. The molecule has 1 fully saturated rings. The number of nitrogens with zero attached hydrogens (tertiary/aromatic N) is 1. The molecular weight excluding hydrogens is 184 g/mol. The minimum Gasteiger partial charge on any atom is -0.295 e. The van der Waals surface area contributed by atoms with E-state index in [0.29, 0.717) is 6.04 Å². The van der Waals surface area contributed by atoms with E-state index in [1.165, 1.54) is 18.4 Å². The van der Waals surface area contributed by atoms with Gasteiger partial charge in [0.2, 0.25) is 0 Å². The van der Waals surface area contributed by atoms with Crippen LogP contribution >= 0.6 is 0 Å². The van der Waals surface area contributed by atoms with Gasteiger partial charge in [0.1, 0.15) is 6.04 Å². The maximum absolute atomic E-state index is 9.07. The Morgan fingerprint density at radius 2 is 2.07 bits per heavy atom. The van der Waals surface area contributed by atoms with Crippen LogP contribution in [0.15, 0.2) is 24.3 Å². The lowest BCUT2D eigenvalue weighted by Gasteiger charge is -2.11. The number of nitriles is 1. The largest absolute Gasteiger partial charge is 0.295 e. The summed E-state index contributed by atoms with van der Waals surface area (Å²) in [7, 11) is 0. The number of rotatable bonds is 4. The molecular formula is C13H16N2. The van der Waals surface area contributed by atoms with Gasteiger partial charge in [0.15, 0.2) is 0 Å². The van der Waals surface area contributed by atoms with Crippen LogP contribution in [0.1, 0.15) is 36.9 Å². The third-order valence-electron chi connectivity index (χ3n) is 2.83. The Morgan fingerprint density at radius 1 is 1.40 bits per heavy atom. The van der Waals surface area contributed by atoms with Crippen LogP contribution in [0.5, 0.6) is 0 Å². The summed E-state index contributed by atoms with van der Waals surface area (Å²) in [5, 5.41) is 12.4. The van der Waals surface area contributed by atoms with E-state index in [-0.39, 0.29) is 6.04 Å². The van der Waals surface area contributed by atoms with Gasteiger partial charge in [-0.15, -0.1) is 0 Å². The number of benzene rings is 1. The summed E-state index contributed by atoms with van der Waals surface area (Å²) < 4.78 is 0. The molecule has 0 saturated heterocycles. The monoisotopic (exact) mass is 200 g/mol. The van der Waals surface area contributed by atoms with Crippen molar-refractivity contribution in [3.05, 3.63) is 35.4 Å². The van der Waals surface area contributed by atoms with Crippen molar-refractivity contribution in [2.45, 2.75) is 38.3 Å². The maximum atomic E-state index is 9.07. The molecule has 0 amide bonds. The topological polar surface area (TPSA) is 35.8 Å². The first-order chi connectivity index (χ1) is 7.33. The zero-order valence-electron chi connectivity index (χ0n) is 9.03. The van der Waals surface area contributed by atoms with Gasteiger partial charge in [-0.25, -0.2) is 0 Å². The van der Waals surface area contributed by atoms with Gasteiger partial charge >= 0.3 is 0 Å². The summed E-state index contributed by atoms with van der Waals surface area (Å²) in [4.78, 5) is 0. The SMILES string of the molecule is CCc1ccc(C(C#N)NC2CC2)cc1. The van der Waals surface area contributed by atoms with Crippen LogP contribution in [0.2, 0.25) is 0 Å². The van der Waals surface area contributed by atoms with Crippen LogP contribution in [0.25, 0.3) is 0 Å². The summed E-state index contributed by atoms with van der Waals surface area (Å²) in [6.07, 6.45) is 3.48. The summed E-state index contributed by atoms with van der Waals surface area (Å²) >= 11 is 0. The lowest BCUT2D eigenvalue weighted by Crippen LogP contribution is -2.21. The van der Waals surface area contributed by atoms with Gasteiger partial charge in [0, 0.05) is 6.04 Å². The van der Waals surface area contributed by atoms with Crippen molar-refractivity contribution in [1.29, 1.82) is 5.26 Å². The molecule has 2 rings (SSSR count). The van der Waals surface area contributed by atoms with Gasteiger partial charge in [-0.2, -0.15) is 5.26 Å². The van der Waals surface area contributed by atoms with Gasteiger partial charge in [-0.3, -0.25) is 5.32 Å². The van der Waals surface area contributed by atoms with Gasteiger partial charge in [-0.05, 0) is 30.4 Å². The molecule has 1 saturated carbocycles. The summed E-state index contributed by atoms with van der Waals surface area (Å²) in [5.74, 6) is 0. The van der Waals surface area contributed by atoms with Crippen LogP contribution in [0.4, 0.5) is 0 Å².